The molecule has 1 saturated carbocycles. The maximum atomic E-state index is 11.8. The summed E-state index contributed by atoms with van der Waals surface area (Å²) < 4.78 is 0. The van der Waals surface area contributed by atoms with Crippen LogP contribution >= 0.6 is 0 Å². The summed E-state index contributed by atoms with van der Waals surface area (Å²) in [7, 11) is 0. The predicted octanol–water partition coefficient (Wildman–Crippen LogP) is 1.20. The van der Waals surface area contributed by atoms with Crippen LogP contribution in [0, 0.1) is 5.92 Å². The Morgan fingerprint density at radius 2 is 2.20 bits per heavy atom. The van der Waals surface area contributed by atoms with Gasteiger partial charge in [0, 0.05) is 19.1 Å². The minimum absolute atomic E-state index is 0.158. The molecule has 1 saturated heterocycles. The summed E-state index contributed by atoms with van der Waals surface area (Å²) in [6.45, 7) is 3.40. The number of rotatable bonds is 2. The minimum atomic E-state index is 0.158. The fraction of sp³-hybridized carbons (Fsp3) is 0.917. The molecule has 0 aromatic carbocycles. The third kappa shape index (κ3) is 2.08. The molecule has 0 aromatic rings. The van der Waals surface area contributed by atoms with Crippen LogP contribution in [-0.4, -0.2) is 41.0 Å². The van der Waals surface area contributed by atoms with Gasteiger partial charge in [0.15, 0.2) is 0 Å². The van der Waals surface area contributed by atoms with Gasteiger partial charge in [0.25, 0.3) is 0 Å². The minimum Gasteiger partial charge on any atom is -0.396 e. The topological polar surface area (TPSA) is 40.5 Å². The van der Waals surface area contributed by atoms with E-state index in [0.29, 0.717) is 17.7 Å². The van der Waals surface area contributed by atoms with Gasteiger partial charge in [0.1, 0.15) is 5.78 Å². The van der Waals surface area contributed by atoms with E-state index in [2.05, 4.69) is 11.8 Å². The zero-order chi connectivity index (χ0) is 10.8. The average molecular weight is 211 g/mol. The smallest absolute Gasteiger partial charge is 0.149 e. The molecule has 0 spiro atoms. The van der Waals surface area contributed by atoms with E-state index < -0.39 is 0 Å². The second-order valence-corrected chi connectivity index (χ2v) is 4.94. The van der Waals surface area contributed by atoms with E-state index in [1.165, 1.54) is 6.42 Å². The fourth-order valence-corrected chi connectivity index (χ4v) is 3.03. The molecule has 1 aliphatic heterocycles. The molecule has 86 valence electrons. The number of aliphatic hydroxyl groups is 1. The molecule has 1 N–H and O–H groups in total. The molecule has 3 nitrogen and oxygen atoms in total. The molecule has 2 aliphatic rings. The van der Waals surface area contributed by atoms with Crippen molar-refractivity contribution in [3.8, 4) is 0 Å². The van der Waals surface area contributed by atoms with Gasteiger partial charge < -0.3 is 5.11 Å². The highest BCUT2D eigenvalue weighted by Crippen LogP contribution is 2.30. The lowest BCUT2D eigenvalue weighted by Gasteiger charge is -2.33. The maximum Gasteiger partial charge on any atom is 0.149 e. The van der Waals surface area contributed by atoms with E-state index in [1.54, 1.807) is 0 Å². The van der Waals surface area contributed by atoms with Crippen LogP contribution in [0.15, 0.2) is 0 Å². The Morgan fingerprint density at radius 1 is 1.40 bits per heavy atom. The first-order chi connectivity index (χ1) is 7.24. The Labute approximate surface area is 91.5 Å². The van der Waals surface area contributed by atoms with Crippen LogP contribution in [0.5, 0.6) is 0 Å². The molecule has 2 fully saturated rings. The second-order valence-electron chi connectivity index (χ2n) is 4.94. The highest BCUT2D eigenvalue weighted by Gasteiger charge is 2.38. The number of likely N-dealkylation sites (tertiary alicyclic amines) is 1. The lowest BCUT2D eigenvalue weighted by atomic mass is 9.92. The number of ketones is 1. The summed E-state index contributed by atoms with van der Waals surface area (Å²) in [5, 5.41) is 9.21. The molecule has 15 heavy (non-hydrogen) atoms. The molecule has 1 heterocycles. The quantitative estimate of drug-likeness (QED) is 0.746. The maximum absolute atomic E-state index is 11.8. The van der Waals surface area contributed by atoms with Gasteiger partial charge in [0.2, 0.25) is 0 Å². The predicted molar refractivity (Wildman–Crippen MR) is 58.6 cm³/mol. The van der Waals surface area contributed by atoms with Crippen LogP contribution in [0.25, 0.3) is 0 Å². The number of hydrogen-bond acceptors (Lipinski definition) is 3. The Balaban J connectivity index is 2.01. The average Bonchev–Trinajstić information content (AvgIpc) is 2.60. The molecular weight excluding hydrogens is 190 g/mol. The molecule has 0 aromatic heterocycles. The van der Waals surface area contributed by atoms with E-state index in [9.17, 15) is 9.90 Å². The summed E-state index contributed by atoms with van der Waals surface area (Å²) >= 11 is 0. The highest BCUT2D eigenvalue weighted by molar-refractivity contribution is 5.84. The Bertz CT molecular complexity index is 242. The van der Waals surface area contributed by atoms with Crippen molar-refractivity contribution in [2.24, 2.45) is 5.92 Å². The third-order valence-electron chi connectivity index (χ3n) is 4.12. The van der Waals surface area contributed by atoms with Crippen LogP contribution < -0.4 is 0 Å². The largest absolute Gasteiger partial charge is 0.396 e. The first kappa shape index (κ1) is 11.1. The van der Waals surface area contributed by atoms with Crippen molar-refractivity contribution < 1.29 is 9.90 Å². The van der Waals surface area contributed by atoms with Crippen molar-refractivity contribution in [3.05, 3.63) is 0 Å². The van der Waals surface area contributed by atoms with Gasteiger partial charge in [-0.05, 0) is 38.6 Å². The Morgan fingerprint density at radius 3 is 2.80 bits per heavy atom. The standard InChI is InChI=1S/C12H21NO2/c1-9-10(8-14)6-7-13(9)11-4-2-3-5-12(11)15/h9-11,14H,2-8H2,1H3. The zero-order valence-electron chi connectivity index (χ0n) is 9.48. The van der Waals surface area contributed by atoms with Gasteiger partial charge in [-0.3, -0.25) is 9.69 Å². The van der Waals surface area contributed by atoms with Crippen molar-refractivity contribution in [1.29, 1.82) is 0 Å². The zero-order valence-corrected chi connectivity index (χ0v) is 9.48. The van der Waals surface area contributed by atoms with Gasteiger partial charge in [-0.15, -0.1) is 0 Å². The first-order valence-corrected chi connectivity index (χ1v) is 6.13. The first-order valence-electron chi connectivity index (χ1n) is 6.13. The van der Waals surface area contributed by atoms with E-state index in [1.807, 2.05) is 0 Å². The molecule has 1 aliphatic carbocycles. The summed E-state index contributed by atoms with van der Waals surface area (Å²) in [5.74, 6) is 0.798. The second kappa shape index (κ2) is 4.62. The van der Waals surface area contributed by atoms with E-state index in [4.69, 9.17) is 0 Å². The van der Waals surface area contributed by atoms with Crippen LogP contribution in [0.3, 0.4) is 0 Å². The van der Waals surface area contributed by atoms with Gasteiger partial charge in [-0.1, -0.05) is 6.42 Å². The lowest BCUT2D eigenvalue weighted by Crippen LogP contribution is -2.45. The molecule has 0 radical (unpaired) electrons. The normalized spacial score (nSPS) is 38.5. The molecule has 3 heteroatoms. The summed E-state index contributed by atoms with van der Waals surface area (Å²) in [6.07, 6.45) is 5.09. The monoisotopic (exact) mass is 211 g/mol. The molecule has 0 bridgehead atoms. The van der Waals surface area contributed by atoms with Crippen molar-refractivity contribution in [1.82, 2.24) is 4.90 Å². The van der Waals surface area contributed by atoms with Crippen LogP contribution in [0.2, 0.25) is 0 Å². The van der Waals surface area contributed by atoms with E-state index in [-0.39, 0.29) is 12.6 Å². The number of Topliss-reactive ketones (excluding diaryl/α,β-unsaturated/α-hetero) is 1. The number of nitrogens with zero attached hydrogens (tertiary/aromatic N) is 1. The Kier molecular flexibility index (Phi) is 3.42. The molecule has 3 unspecified atom stereocenters. The Hall–Kier alpha value is -0.410. The number of aliphatic hydroxyl groups excluding tert-OH is 1. The van der Waals surface area contributed by atoms with Crippen LogP contribution in [0.1, 0.15) is 39.0 Å². The van der Waals surface area contributed by atoms with E-state index >= 15 is 0 Å². The van der Waals surface area contributed by atoms with Gasteiger partial charge in [-0.25, -0.2) is 0 Å². The van der Waals surface area contributed by atoms with Gasteiger partial charge in [-0.2, -0.15) is 0 Å². The number of carbonyl (C=O) groups excluding carboxylic acids is 1. The molecule has 0 amide bonds. The summed E-state index contributed by atoms with van der Waals surface area (Å²) in [6, 6.07) is 0.535. The van der Waals surface area contributed by atoms with Gasteiger partial charge in [0.05, 0.1) is 6.04 Å². The van der Waals surface area contributed by atoms with E-state index in [0.717, 1.165) is 32.2 Å². The van der Waals surface area contributed by atoms with Crippen LogP contribution in [0.4, 0.5) is 0 Å². The van der Waals surface area contributed by atoms with Crippen molar-refractivity contribution in [2.45, 2.75) is 51.1 Å². The van der Waals surface area contributed by atoms with Crippen molar-refractivity contribution in [2.75, 3.05) is 13.2 Å². The number of carbonyl (C=O) groups is 1. The SMILES string of the molecule is CC1C(CO)CCN1C1CCCCC1=O. The molecule has 2 rings (SSSR count). The van der Waals surface area contributed by atoms with Gasteiger partial charge >= 0.3 is 0 Å². The number of hydrogen-bond donors (Lipinski definition) is 1. The molecular formula is C12H21NO2. The molecule has 3 atom stereocenters. The fourth-order valence-electron chi connectivity index (χ4n) is 3.03. The van der Waals surface area contributed by atoms with Crippen molar-refractivity contribution in [3.63, 3.8) is 0 Å². The lowest BCUT2D eigenvalue weighted by molar-refractivity contribution is -0.126. The highest BCUT2D eigenvalue weighted by atomic mass is 16.3. The summed E-state index contributed by atoms with van der Waals surface area (Å²) in [5.41, 5.74) is 0. The third-order valence-corrected chi connectivity index (χ3v) is 4.12. The van der Waals surface area contributed by atoms with Crippen LogP contribution in [-0.2, 0) is 4.79 Å². The summed E-state index contributed by atoms with van der Waals surface area (Å²) in [4.78, 5) is 14.1. The van der Waals surface area contributed by atoms with Crippen molar-refractivity contribution >= 4 is 5.78 Å².